The van der Waals surface area contributed by atoms with E-state index < -0.39 is 72.0 Å². The second-order valence-electron chi connectivity index (χ2n) is 13.3. The van der Waals surface area contributed by atoms with Crippen LogP contribution in [0, 0.1) is 31.6 Å². The number of halogens is 6. The highest BCUT2D eigenvalue weighted by atomic mass is 19.4. The Kier molecular flexibility index (Phi) is 9.28. The van der Waals surface area contributed by atoms with E-state index in [2.05, 4.69) is 0 Å². The number of fused-ring (bicyclic) bond motifs is 3. The van der Waals surface area contributed by atoms with Gasteiger partial charge in [-0.2, -0.15) is 26.3 Å². The molecule has 0 spiro atoms. The average molecular weight is 697 g/mol. The van der Waals surface area contributed by atoms with E-state index in [-0.39, 0.29) is 24.6 Å². The van der Waals surface area contributed by atoms with Gasteiger partial charge in [0.15, 0.2) is 0 Å². The second-order valence-corrected chi connectivity index (χ2v) is 13.3. The molecule has 2 fully saturated rings. The minimum atomic E-state index is -5.16. The van der Waals surface area contributed by atoms with Crippen molar-refractivity contribution in [1.82, 2.24) is 0 Å². The van der Waals surface area contributed by atoms with Crippen LogP contribution in [0.25, 0.3) is 11.6 Å². The van der Waals surface area contributed by atoms with E-state index >= 15 is 0 Å². The number of carbonyl (C=O) groups is 2. The Morgan fingerprint density at radius 2 is 1.50 bits per heavy atom. The Labute approximate surface area is 285 Å². The standard InChI is InChI=1S/C37H34BF6NO5/c1-19-13-28-32(35(48)45(34(28)47)27-16-25(36(39,40)41)15-26(17-27)37(42,43)44)29-18-38(49)50-30(31(19)29)10-9-24(23-7-5-4-6-8-23)14-22-11-20(2)33(46)21(3)12-22/h4-8,11-12,14-17,28-30,32,46,49H,9-10,13,18H2,1-3H3/b24-14-/t28-,29+,30-,32-/m1/s1. The number of anilines is 1. The predicted molar refractivity (Wildman–Crippen MR) is 176 cm³/mol. The lowest BCUT2D eigenvalue weighted by atomic mass is 9.58. The van der Waals surface area contributed by atoms with Crippen molar-refractivity contribution in [2.24, 2.45) is 17.8 Å². The number of aromatic hydroxyl groups is 1. The molecule has 2 amide bonds. The van der Waals surface area contributed by atoms with E-state index in [9.17, 15) is 46.1 Å². The smallest absolute Gasteiger partial charge is 0.455 e. The number of carbonyl (C=O) groups excluding carboxylic acids is 2. The van der Waals surface area contributed by atoms with Crippen LogP contribution in [0.15, 0.2) is 71.8 Å². The molecule has 4 atom stereocenters. The van der Waals surface area contributed by atoms with Crippen LogP contribution in [-0.2, 0) is 26.6 Å². The number of imide groups is 1. The third-order valence-electron chi connectivity index (χ3n) is 9.96. The van der Waals surface area contributed by atoms with Crippen molar-refractivity contribution in [2.45, 2.75) is 64.8 Å². The number of allylic oxidation sites excluding steroid dienone is 2. The largest absolute Gasteiger partial charge is 0.507 e. The lowest BCUT2D eigenvalue weighted by Gasteiger charge is -2.42. The summed E-state index contributed by atoms with van der Waals surface area (Å²) in [6, 6.07) is 14.1. The highest BCUT2D eigenvalue weighted by Gasteiger charge is 2.57. The van der Waals surface area contributed by atoms with Crippen LogP contribution in [0.4, 0.5) is 32.0 Å². The molecular formula is C37H34BF6NO5. The van der Waals surface area contributed by atoms with Gasteiger partial charge in [0.1, 0.15) is 5.75 Å². The van der Waals surface area contributed by atoms with Gasteiger partial charge in [-0.1, -0.05) is 42.0 Å². The van der Waals surface area contributed by atoms with Gasteiger partial charge in [-0.3, -0.25) is 9.59 Å². The van der Waals surface area contributed by atoms with E-state index in [0.717, 1.165) is 22.3 Å². The van der Waals surface area contributed by atoms with E-state index in [1.807, 2.05) is 62.4 Å². The average Bonchev–Trinajstić information content (AvgIpc) is 3.29. The molecule has 0 radical (unpaired) electrons. The molecule has 2 heterocycles. The first-order chi connectivity index (χ1) is 23.4. The molecule has 0 saturated carbocycles. The lowest BCUT2D eigenvalue weighted by molar-refractivity contribution is -0.143. The predicted octanol–water partition coefficient (Wildman–Crippen LogP) is 8.39. The van der Waals surface area contributed by atoms with Gasteiger partial charge in [0.05, 0.1) is 34.8 Å². The van der Waals surface area contributed by atoms with Gasteiger partial charge in [0.2, 0.25) is 11.8 Å². The zero-order valence-corrected chi connectivity index (χ0v) is 27.4. The highest BCUT2D eigenvalue weighted by molar-refractivity contribution is 6.43. The van der Waals surface area contributed by atoms with Crippen LogP contribution in [0.2, 0.25) is 6.32 Å². The molecule has 13 heteroatoms. The molecule has 2 N–H and O–H groups in total. The number of rotatable bonds is 6. The summed E-state index contributed by atoms with van der Waals surface area (Å²) < 4.78 is 88.0. The Hall–Kier alpha value is -4.36. The fraction of sp³-hybridized carbons (Fsp3) is 0.351. The number of aryl methyl sites for hydroxylation is 2. The first-order valence-corrected chi connectivity index (χ1v) is 16.2. The maximum absolute atomic E-state index is 14.0. The van der Waals surface area contributed by atoms with Crippen molar-refractivity contribution in [1.29, 1.82) is 0 Å². The number of alkyl halides is 6. The minimum absolute atomic E-state index is 0.0487. The Bertz CT molecular complexity index is 1850. The minimum Gasteiger partial charge on any atom is -0.507 e. The second kappa shape index (κ2) is 13.1. The molecule has 0 unspecified atom stereocenters. The molecule has 1 aliphatic carbocycles. The first-order valence-electron chi connectivity index (χ1n) is 16.2. The van der Waals surface area contributed by atoms with Crippen LogP contribution in [0.3, 0.4) is 0 Å². The third-order valence-corrected chi connectivity index (χ3v) is 9.96. The summed E-state index contributed by atoms with van der Waals surface area (Å²) in [4.78, 5) is 28.1. The summed E-state index contributed by atoms with van der Waals surface area (Å²) in [5.41, 5.74) is 1.55. The fourth-order valence-corrected chi connectivity index (χ4v) is 7.75. The number of hydrogen-bond donors (Lipinski definition) is 2. The van der Waals surface area contributed by atoms with Crippen molar-refractivity contribution in [2.75, 3.05) is 4.90 Å². The van der Waals surface area contributed by atoms with Crippen molar-refractivity contribution in [3.63, 3.8) is 0 Å². The number of hydrogen-bond acceptors (Lipinski definition) is 5. The number of phenolic OH excluding ortho intramolecular Hbond substituents is 1. The molecule has 0 aromatic heterocycles. The molecule has 0 bridgehead atoms. The van der Waals surface area contributed by atoms with E-state index in [1.165, 1.54) is 0 Å². The first kappa shape index (κ1) is 35.5. The molecule has 262 valence electrons. The Morgan fingerprint density at radius 1 is 0.900 bits per heavy atom. The van der Waals surface area contributed by atoms with Crippen LogP contribution in [-0.4, -0.2) is 35.2 Å². The van der Waals surface area contributed by atoms with Gasteiger partial charge in [-0.25, -0.2) is 4.90 Å². The maximum Gasteiger partial charge on any atom is 0.455 e. The summed E-state index contributed by atoms with van der Waals surface area (Å²) in [7, 11) is -1.32. The van der Waals surface area contributed by atoms with Gasteiger partial charge in [0, 0.05) is 0 Å². The summed E-state index contributed by atoms with van der Waals surface area (Å²) in [5, 5.41) is 21.2. The Balaban J connectivity index is 1.32. The molecule has 2 aliphatic heterocycles. The zero-order valence-electron chi connectivity index (χ0n) is 27.4. The topological polar surface area (TPSA) is 87.1 Å². The van der Waals surface area contributed by atoms with Crippen molar-refractivity contribution >= 4 is 36.3 Å². The lowest BCUT2D eigenvalue weighted by Crippen LogP contribution is -2.46. The number of amides is 2. The normalized spacial score (nSPS) is 23.0. The Morgan fingerprint density at radius 3 is 2.08 bits per heavy atom. The van der Waals surface area contributed by atoms with Gasteiger partial charge in [-0.05, 0) is 116 Å². The summed E-state index contributed by atoms with van der Waals surface area (Å²) >= 11 is 0. The SMILES string of the molecule is CC1=C2[C@@H](CC/C(=C/c3cc(C)c(O)c(C)c3)c3ccccc3)OB(O)C[C@@H]2[C@@H]2C(=O)N(c3cc(C(F)(F)F)cc(C(F)(F)F)c3)C(=O)[C@@H]2C1. The van der Waals surface area contributed by atoms with Gasteiger partial charge < -0.3 is 14.8 Å². The van der Waals surface area contributed by atoms with Crippen LogP contribution < -0.4 is 4.90 Å². The van der Waals surface area contributed by atoms with Crippen molar-refractivity contribution in [3.8, 4) is 5.75 Å². The molecule has 6 rings (SSSR count). The monoisotopic (exact) mass is 697 g/mol. The van der Waals surface area contributed by atoms with Crippen molar-refractivity contribution in [3.05, 3.63) is 105 Å². The highest BCUT2D eigenvalue weighted by Crippen LogP contribution is 2.52. The molecule has 3 aliphatic rings. The van der Waals surface area contributed by atoms with E-state index in [4.69, 9.17) is 4.65 Å². The van der Waals surface area contributed by atoms with Crippen LogP contribution >= 0.6 is 0 Å². The van der Waals surface area contributed by atoms with E-state index in [1.54, 1.807) is 6.92 Å². The molecule has 3 aromatic rings. The van der Waals surface area contributed by atoms with E-state index in [0.29, 0.717) is 46.6 Å². The molecule has 3 aromatic carbocycles. The van der Waals surface area contributed by atoms with Crippen LogP contribution in [0.5, 0.6) is 5.75 Å². The van der Waals surface area contributed by atoms with Gasteiger partial charge in [-0.15, -0.1) is 0 Å². The number of nitrogens with zero attached hydrogens (tertiary/aromatic N) is 1. The van der Waals surface area contributed by atoms with Gasteiger partial charge >= 0.3 is 19.5 Å². The van der Waals surface area contributed by atoms with Gasteiger partial charge in [0.25, 0.3) is 0 Å². The molecular weight excluding hydrogens is 663 g/mol. The van der Waals surface area contributed by atoms with Crippen molar-refractivity contribution < 1.29 is 50.7 Å². The summed E-state index contributed by atoms with van der Waals surface area (Å²) in [5.74, 6) is -4.41. The molecule has 2 saturated heterocycles. The summed E-state index contributed by atoms with van der Waals surface area (Å²) in [6.07, 6.45) is -8.18. The fourth-order valence-electron chi connectivity index (χ4n) is 7.75. The molecule has 50 heavy (non-hydrogen) atoms. The third kappa shape index (κ3) is 6.72. The summed E-state index contributed by atoms with van der Waals surface area (Å²) in [6.45, 7) is 5.39. The number of phenols is 1. The quantitative estimate of drug-likeness (QED) is 0.0889. The van der Waals surface area contributed by atoms with Crippen LogP contribution in [0.1, 0.15) is 59.6 Å². The zero-order chi connectivity index (χ0) is 36.3. The maximum atomic E-state index is 14.0. The molecule has 6 nitrogen and oxygen atoms in total. The number of benzene rings is 3.